The Morgan fingerprint density at radius 2 is 1.62 bits per heavy atom. The molecule has 2 atom stereocenters. The van der Waals surface area contributed by atoms with Gasteiger partial charge >= 0.3 is 18.0 Å². The van der Waals surface area contributed by atoms with Crippen LogP contribution in [0.3, 0.4) is 0 Å². The first-order chi connectivity index (χ1) is 10.6. The smallest absolute Gasteiger partial charge is 0.408 e. The minimum atomic E-state index is -1.59. The zero-order valence-corrected chi connectivity index (χ0v) is 13.8. The molecule has 8 heteroatoms. The number of alkyl carbamates (subject to hydrolysis) is 1. The molecular weight excluding hydrogens is 318 g/mol. The van der Waals surface area contributed by atoms with Crippen molar-refractivity contribution in [2.75, 3.05) is 0 Å². The van der Waals surface area contributed by atoms with Crippen molar-refractivity contribution in [3.8, 4) is 0 Å². The highest BCUT2D eigenvalue weighted by atomic mass is 16.5. The summed E-state index contributed by atoms with van der Waals surface area (Å²) in [4.78, 5) is 34.6. The van der Waals surface area contributed by atoms with Crippen molar-refractivity contribution in [2.24, 2.45) is 11.3 Å². The lowest BCUT2D eigenvalue weighted by Crippen LogP contribution is -2.52. The zero-order chi connectivity index (χ0) is 17.6. The van der Waals surface area contributed by atoms with Crippen molar-refractivity contribution in [3.63, 3.8) is 0 Å². The van der Waals surface area contributed by atoms with Gasteiger partial charge in [0.25, 0.3) is 0 Å². The molecule has 0 heterocycles. The summed E-state index contributed by atoms with van der Waals surface area (Å²) >= 11 is 0. The number of amides is 1. The fourth-order valence-corrected chi connectivity index (χ4v) is 2.19. The molecule has 0 aliphatic carbocycles. The van der Waals surface area contributed by atoms with E-state index in [9.17, 15) is 24.6 Å². The molecule has 1 aromatic rings. The Balaban J connectivity index is 0.00000529. The van der Waals surface area contributed by atoms with Crippen molar-refractivity contribution < 1.29 is 34.8 Å². The van der Waals surface area contributed by atoms with Gasteiger partial charge in [0.2, 0.25) is 0 Å². The van der Waals surface area contributed by atoms with Gasteiger partial charge in [0.05, 0.1) is 5.92 Å². The van der Waals surface area contributed by atoms with Crippen LogP contribution >= 0.6 is 0 Å². The Kier molecular flexibility index (Phi) is 7.91. The largest absolute Gasteiger partial charge is 0.481 e. The third-order valence-electron chi connectivity index (χ3n) is 3.28. The van der Waals surface area contributed by atoms with Crippen molar-refractivity contribution in [1.82, 2.24) is 5.32 Å². The van der Waals surface area contributed by atoms with Crippen LogP contribution in [0.5, 0.6) is 0 Å². The standard InChI is InChI=1S/C16H21NO6.H2O/c1-16(2,3)11(13(18)19)12(14(20)21)17-15(22)23-9-10-7-5-4-6-8-10;/h4-8,11-12H,9H2,1-3H3,(H,17,22)(H,18,19)(H,20,21);1H2/t11?,12-;/m1./s1. The van der Waals surface area contributed by atoms with Gasteiger partial charge in [-0.3, -0.25) is 4.79 Å². The second-order valence-corrected chi connectivity index (χ2v) is 6.20. The number of benzene rings is 1. The number of carbonyl (C=O) groups excluding carboxylic acids is 1. The lowest BCUT2D eigenvalue weighted by atomic mass is 9.76. The van der Waals surface area contributed by atoms with Crippen molar-refractivity contribution in [2.45, 2.75) is 33.4 Å². The number of rotatable bonds is 6. The van der Waals surface area contributed by atoms with E-state index in [0.717, 1.165) is 5.56 Å². The molecule has 0 bridgehead atoms. The highest BCUT2D eigenvalue weighted by Crippen LogP contribution is 2.29. The van der Waals surface area contributed by atoms with Gasteiger partial charge < -0.3 is 25.7 Å². The first-order valence-corrected chi connectivity index (χ1v) is 7.05. The normalized spacial score (nSPS) is 13.1. The Morgan fingerprint density at radius 3 is 2.04 bits per heavy atom. The molecule has 0 spiro atoms. The van der Waals surface area contributed by atoms with Crippen molar-refractivity contribution >= 4 is 18.0 Å². The first kappa shape index (κ1) is 21.4. The van der Waals surface area contributed by atoms with Crippen LogP contribution in [-0.2, 0) is 20.9 Å². The molecule has 0 fully saturated rings. The zero-order valence-electron chi connectivity index (χ0n) is 13.8. The van der Waals surface area contributed by atoms with Crippen LogP contribution in [0.15, 0.2) is 30.3 Å². The molecular formula is C16H23NO7. The molecule has 0 aliphatic heterocycles. The Labute approximate surface area is 139 Å². The molecule has 134 valence electrons. The summed E-state index contributed by atoms with van der Waals surface area (Å²) in [6.45, 7) is 4.75. The third-order valence-corrected chi connectivity index (χ3v) is 3.28. The molecule has 1 aromatic carbocycles. The minimum Gasteiger partial charge on any atom is -0.481 e. The summed E-state index contributed by atoms with van der Waals surface area (Å²) in [7, 11) is 0. The van der Waals surface area contributed by atoms with Crippen LogP contribution in [0.1, 0.15) is 26.3 Å². The van der Waals surface area contributed by atoms with E-state index in [0.29, 0.717) is 0 Å². The maximum absolute atomic E-state index is 11.8. The monoisotopic (exact) mass is 341 g/mol. The van der Waals surface area contributed by atoms with Crippen LogP contribution in [0.25, 0.3) is 0 Å². The molecule has 1 unspecified atom stereocenters. The van der Waals surface area contributed by atoms with E-state index in [1.165, 1.54) is 0 Å². The predicted molar refractivity (Wildman–Crippen MR) is 85.4 cm³/mol. The topological polar surface area (TPSA) is 144 Å². The third kappa shape index (κ3) is 6.25. The van der Waals surface area contributed by atoms with Crippen LogP contribution < -0.4 is 5.32 Å². The van der Waals surface area contributed by atoms with Crippen LogP contribution in [0.2, 0.25) is 0 Å². The summed E-state index contributed by atoms with van der Waals surface area (Å²) in [5.74, 6) is -4.03. The number of ether oxygens (including phenoxy) is 1. The molecule has 0 saturated heterocycles. The van der Waals surface area contributed by atoms with Crippen molar-refractivity contribution in [1.29, 1.82) is 0 Å². The Hall–Kier alpha value is -2.61. The average Bonchev–Trinajstić information content (AvgIpc) is 2.43. The van der Waals surface area contributed by atoms with Crippen LogP contribution in [0, 0.1) is 11.3 Å². The minimum absolute atomic E-state index is 0. The maximum atomic E-state index is 11.8. The van der Waals surface area contributed by atoms with Gasteiger partial charge in [0.15, 0.2) is 0 Å². The van der Waals surface area contributed by atoms with E-state index in [1.807, 2.05) is 6.07 Å². The highest BCUT2D eigenvalue weighted by molar-refractivity contribution is 5.86. The second kappa shape index (κ2) is 8.88. The summed E-state index contributed by atoms with van der Waals surface area (Å²) in [5, 5.41) is 20.7. The van der Waals surface area contributed by atoms with E-state index in [2.05, 4.69) is 5.32 Å². The fourth-order valence-electron chi connectivity index (χ4n) is 2.19. The average molecular weight is 341 g/mol. The molecule has 0 aromatic heterocycles. The number of aliphatic carboxylic acids is 2. The van der Waals surface area contributed by atoms with Gasteiger partial charge in [-0.1, -0.05) is 51.1 Å². The molecule has 24 heavy (non-hydrogen) atoms. The van der Waals surface area contributed by atoms with Gasteiger partial charge in [-0.2, -0.15) is 0 Å². The van der Waals surface area contributed by atoms with E-state index in [-0.39, 0.29) is 12.1 Å². The van der Waals surface area contributed by atoms with Gasteiger partial charge in [-0.15, -0.1) is 0 Å². The molecule has 1 amide bonds. The molecule has 0 saturated carbocycles. The molecule has 5 N–H and O–H groups in total. The highest BCUT2D eigenvalue weighted by Gasteiger charge is 2.43. The van der Waals surface area contributed by atoms with Gasteiger partial charge in [-0.25, -0.2) is 9.59 Å². The van der Waals surface area contributed by atoms with Gasteiger partial charge in [-0.05, 0) is 11.0 Å². The number of carbonyl (C=O) groups is 3. The summed E-state index contributed by atoms with van der Waals surface area (Å²) in [6, 6.07) is 7.27. The van der Waals surface area contributed by atoms with E-state index >= 15 is 0 Å². The van der Waals surface area contributed by atoms with Crippen molar-refractivity contribution in [3.05, 3.63) is 35.9 Å². The number of hydrogen-bond donors (Lipinski definition) is 3. The summed E-state index contributed by atoms with van der Waals surface area (Å²) < 4.78 is 4.94. The summed E-state index contributed by atoms with van der Waals surface area (Å²) in [5.41, 5.74) is -0.123. The molecule has 0 radical (unpaired) electrons. The first-order valence-electron chi connectivity index (χ1n) is 7.05. The lowest BCUT2D eigenvalue weighted by molar-refractivity contribution is -0.155. The van der Waals surface area contributed by atoms with E-state index in [1.54, 1.807) is 45.0 Å². The van der Waals surface area contributed by atoms with E-state index in [4.69, 9.17) is 4.74 Å². The number of hydrogen-bond acceptors (Lipinski definition) is 4. The fraction of sp³-hybridized carbons (Fsp3) is 0.438. The Bertz CT molecular complexity index is 566. The maximum Gasteiger partial charge on any atom is 0.408 e. The Morgan fingerprint density at radius 1 is 1.08 bits per heavy atom. The number of carboxylic acid groups (broad SMARTS) is 2. The SMILES string of the molecule is CC(C)(C)C(C(=O)O)[C@@H](NC(=O)OCc1ccccc1)C(=O)O.O. The van der Waals surface area contributed by atoms with Crippen LogP contribution in [0.4, 0.5) is 4.79 Å². The van der Waals surface area contributed by atoms with Gasteiger partial charge in [0, 0.05) is 0 Å². The van der Waals surface area contributed by atoms with Gasteiger partial charge in [0.1, 0.15) is 12.6 Å². The molecule has 1 rings (SSSR count). The number of carboxylic acids is 2. The van der Waals surface area contributed by atoms with E-state index < -0.39 is 35.4 Å². The lowest BCUT2D eigenvalue weighted by Gasteiger charge is -2.31. The molecule has 0 aliphatic rings. The van der Waals surface area contributed by atoms with Crippen LogP contribution in [-0.4, -0.2) is 39.8 Å². The quantitative estimate of drug-likeness (QED) is 0.711. The summed E-state index contributed by atoms with van der Waals surface area (Å²) in [6.07, 6.45) is -0.975. The second-order valence-electron chi connectivity index (χ2n) is 6.20. The predicted octanol–water partition coefficient (Wildman–Crippen LogP) is 1.29. The number of nitrogens with one attached hydrogen (secondary N) is 1. The molecule has 8 nitrogen and oxygen atoms in total.